The Balaban J connectivity index is 2.16. The molecule has 8 heteroatoms. The third kappa shape index (κ3) is 3.62. The van der Waals surface area contributed by atoms with Crippen LogP contribution in [0, 0.1) is 17.8 Å². The Morgan fingerprint density at radius 2 is 2.00 bits per heavy atom. The van der Waals surface area contributed by atoms with Gasteiger partial charge in [-0.25, -0.2) is 0 Å². The number of likely N-dealkylation sites (tertiary alicyclic amines) is 1. The van der Waals surface area contributed by atoms with Crippen molar-refractivity contribution in [2.75, 3.05) is 19.8 Å². The molecule has 3 heterocycles. The summed E-state index contributed by atoms with van der Waals surface area (Å²) in [6.45, 7) is 18.7. The number of nitrogens with zero attached hydrogens (tertiary/aromatic N) is 2. The van der Waals surface area contributed by atoms with Crippen molar-refractivity contribution in [3.05, 3.63) is 25.3 Å². The molecule has 0 aromatic carbocycles. The molecule has 1 N–H and O–H groups in total. The predicted molar refractivity (Wildman–Crippen MR) is 123 cm³/mol. The third-order valence-electron chi connectivity index (χ3n) is 7.71. The van der Waals surface area contributed by atoms with Gasteiger partial charge in [-0.1, -0.05) is 25.7 Å². The van der Waals surface area contributed by atoms with E-state index in [4.69, 9.17) is 9.47 Å². The van der Waals surface area contributed by atoms with Crippen molar-refractivity contribution in [1.29, 1.82) is 0 Å². The number of hydrogen-bond acceptors (Lipinski definition) is 6. The van der Waals surface area contributed by atoms with Crippen LogP contribution in [-0.2, 0) is 23.9 Å². The fraction of sp³-hybridized carbons (Fsp3) is 0.720. The molecule has 3 unspecified atom stereocenters. The fourth-order valence-corrected chi connectivity index (χ4v) is 6.08. The number of ether oxygens (including phenoxy) is 2. The summed E-state index contributed by atoms with van der Waals surface area (Å²) in [6, 6.07) is -1.58. The van der Waals surface area contributed by atoms with Gasteiger partial charge in [0.2, 0.25) is 11.8 Å². The molecule has 0 radical (unpaired) electrons. The number of hydrogen-bond donors (Lipinski definition) is 1. The SMILES string of the molecule is C=CCOC(=O)[C@H]1[C@H]2C(=O)N([C@H](C)CO)C(C(=O)N(CC=C)C(C)(C)C)C23CC(C)[C@]1(C)O3. The minimum atomic E-state index is -1.17. The van der Waals surface area contributed by atoms with Crippen molar-refractivity contribution in [2.24, 2.45) is 17.8 Å². The van der Waals surface area contributed by atoms with Gasteiger partial charge >= 0.3 is 5.97 Å². The molecule has 2 bridgehead atoms. The molecular formula is C25H38N2O6. The molecule has 7 atom stereocenters. The first kappa shape index (κ1) is 25.4. The molecule has 0 saturated carbocycles. The number of carbonyl (C=O) groups is 3. The fourth-order valence-electron chi connectivity index (χ4n) is 6.08. The van der Waals surface area contributed by atoms with Crippen molar-refractivity contribution in [1.82, 2.24) is 9.80 Å². The Morgan fingerprint density at radius 3 is 2.52 bits per heavy atom. The van der Waals surface area contributed by atoms with Crippen LogP contribution in [0.1, 0.15) is 48.0 Å². The van der Waals surface area contributed by atoms with Crippen molar-refractivity contribution < 1.29 is 29.0 Å². The predicted octanol–water partition coefficient (Wildman–Crippen LogP) is 1.92. The van der Waals surface area contributed by atoms with E-state index in [1.807, 2.05) is 34.6 Å². The number of rotatable bonds is 8. The lowest BCUT2D eigenvalue weighted by molar-refractivity contribution is -0.163. The van der Waals surface area contributed by atoms with Crippen LogP contribution in [0.15, 0.2) is 25.3 Å². The van der Waals surface area contributed by atoms with Crippen molar-refractivity contribution >= 4 is 17.8 Å². The van der Waals surface area contributed by atoms with E-state index in [1.165, 1.54) is 11.0 Å². The molecule has 3 fully saturated rings. The minimum Gasteiger partial charge on any atom is -0.461 e. The molecule has 3 aliphatic rings. The van der Waals surface area contributed by atoms with E-state index in [9.17, 15) is 19.5 Å². The lowest BCUT2D eigenvalue weighted by atomic mass is 9.62. The van der Waals surface area contributed by atoms with Crippen LogP contribution in [0.3, 0.4) is 0 Å². The van der Waals surface area contributed by atoms with Gasteiger partial charge in [0, 0.05) is 12.1 Å². The molecule has 8 nitrogen and oxygen atoms in total. The van der Waals surface area contributed by atoms with E-state index < -0.39 is 46.6 Å². The maximum absolute atomic E-state index is 14.1. The maximum Gasteiger partial charge on any atom is 0.313 e. The summed E-state index contributed by atoms with van der Waals surface area (Å²) in [5.41, 5.74) is -2.64. The highest BCUT2D eigenvalue weighted by Crippen LogP contribution is 2.65. The van der Waals surface area contributed by atoms with Gasteiger partial charge in [-0.3, -0.25) is 14.4 Å². The third-order valence-corrected chi connectivity index (χ3v) is 7.71. The summed E-state index contributed by atoms with van der Waals surface area (Å²) < 4.78 is 12.0. The summed E-state index contributed by atoms with van der Waals surface area (Å²) in [6.07, 6.45) is 3.59. The van der Waals surface area contributed by atoms with Gasteiger partial charge in [0.25, 0.3) is 0 Å². The van der Waals surface area contributed by atoms with Gasteiger partial charge in [-0.05, 0) is 47.0 Å². The summed E-state index contributed by atoms with van der Waals surface area (Å²) in [5, 5.41) is 9.96. The molecule has 184 valence electrons. The van der Waals surface area contributed by atoms with Crippen LogP contribution in [0.25, 0.3) is 0 Å². The van der Waals surface area contributed by atoms with Crippen LogP contribution in [0.2, 0.25) is 0 Å². The molecule has 1 spiro atoms. The van der Waals surface area contributed by atoms with E-state index in [2.05, 4.69) is 13.2 Å². The van der Waals surface area contributed by atoms with Gasteiger partial charge in [0.1, 0.15) is 24.2 Å². The largest absolute Gasteiger partial charge is 0.461 e. The topological polar surface area (TPSA) is 96.4 Å². The number of aliphatic hydroxyl groups excluding tert-OH is 1. The Kier molecular flexibility index (Phi) is 6.59. The smallest absolute Gasteiger partial charge is 0.313 e. The number of amides is 2. The Hall–Kier alpha value is -2.19. The van der Waals surface area contributed by atoms with Crippen LogP contribution < -0.4 is 0 Å². The highest BCUT2D eigenvalue weighted by molar-refractivity contribution is 5.99. The number of carbonyl (C=O) groups excluding carboxylic acids is 3. The average molecular weight is 463 g/mol. The molecule has 33 heavy (non-hydrogen) atoms. The lowest BCUT2D eigenvalue weighted by Crippen LogP contribution is -2.61. The molecule has 0 aromatic heterocycles. The van der Waals surface area contributed by atoms with E-state index in [-0.39, 0.29) is 30.9 Å². The van der Waals surface area contributed by atoms with Crippen LogP contribution in [0.5, 0.6) is 0 Å². The number of esters is 1. The second-order valence-electron chi connectivity index (χ2n) is 10.8. The number of aliphatic hydroxyl groups is 1. The zero-order valence-electron chi connectivity index (χ0n) is 20.7. The summed E-state index contributed by atoms with van der Waals surface area (Å²) in [5.74, 6) is -2.92. The van der Waals surface area contributed by atoms with Crippen molar-refractivity contribution in [3.63, 3.8) is 0 Å². The molecule has 3 aliphatic heterocycles. The van der Waals surface area contributed by atoms with Crippen molar-refractivity contribution in [3.8, 4) is 0 Å². The average Bonchev–Trinajstić information content (AvgIpc) is 3.25. The molecular weight excluding hydrogens is 424 g/mol. The molecule has 3 rings (SSSR count). The molecule has 0 aromatic rings. The zero-order chi connectivity index (χ0) is 24.9. The standard InChI is InChI=1S/C25H38N2O6/c1-9-11-26(23(5,6)7)21(30)19-25-13-15(3)24(8,33-25)18(22(31)32-12-10-2)17(25)20(29)27(19)16(4)14-28/h9-10,15-19,28H,1-2,11-14H2,3-8H3/t15?,16-,17+,18-,19?,24+,25?/m1/s1. The summed E-state index contributed by atoms with van der Waals surface area (Å²) in [4.78, 5) is 44.3. The van der Waals surface area contributed by atoms with Crippen molar-refractivity contribution in [2.45, 2.75) is 76.8 Å². The van der Waals surface area contributed by atoms with Gasteiger partial charge in [-0.2, -0.15) is 0 Å². The first-order chi connectivity index (χ1) is 15.3. The Morgan fingerprint density at radius 1 is 1.36 bits per heavy atom. The summed E-state index contributed by atoms with van der Waals surface area (Å²) in [7, 11) is 0. The molecule has 2 amide bonds. The number of fused-ring (bicyclic) bond motifs is 1. The van der Waals surface area contributed by atoms with E-state index >= 15 is 0 Å². The lowest BCUT2D eigenvalue weighted by Gasteiger charge is -2.43. The monoisotopic (exact) mass is 462 g/mol. The highest BCUT2D eigenvalue weighted by Gasteiger charge is 2.80. The van der Waals surface area contributed by atoms with Crippen LogP contribution in [-0.4, -0.2) is 81.3 Å². The normalized spacial score (nSPS) is 35.8. The summed E-state index contributed by atoms with van der Waals surface area (Å²) >= 11 is 0. The Labute approximate surface area is 196 Å². The quantitative estimate of drug-likeness (QED) is 0.437. The highest BCUT2D eigenvalue weighted by atomic mass is 16.6. The van der Waals surface area contributed by atoms with Gasteiger partial charge in [0.05, 0.1) is 24.2 Å². The van der Waals surface area contributed by atoms with E-state index in [0.717, 1.165) is 0 Å². The van der Waals surface area contributed by atoms with Crippen LogP contribution >= 0.6 is 0 Å². The maximum atomic E-state index is 14.1. The second kappa shape index (κ2) is 8.55. The van der Waals surface area contributed by atoms with E-state index in [0.29, 0.717) is 13.0 Å². The molecule has 3 saturated heterocycles. The Bertz CT molecular complexity index is 850. The zero-order valence-corrected chi connectivity index (χ0v) is 20.7. The van der Waals surface area contributed by atoms with Gasteiger partial charge < -0.3 is 24.4 Å². The van der Waals surface area contributed by atoms with Crippen LogP contribution in [0.4, 0.5) is 0 Å². The first-order valence-electron chi connectivity index (χ1n) is 11.6. The minimum absolute atomic E-state index is 0.0317. The van der Waals surface area contributed by atoms with Gasteiger partial charge in [0.15, 0.2) is 0 Å². The van der Waals surface area contributed by atoms with E-state index in [1.54, 1.807) is 17.9 Å². The molecule has 0 aliphatic carbocycles. The second-order valence-corrected chi connectivity index (χ2v) is 10.8. The first-order valence-corrected chi connectivity index (χ1v) is 11.6. The van der Waals surface area contributed by atoms with Gasteiger partial charge in [-0.15, -0.1) is 6.58 Å².